The molecule has 1 saturated carbocycles. The lowest BCUT2D eigenvalue weighted by Crippen LogP contribution is -2.51. The van der Waals surface area contributed by atoms with Crippen LogP contribution in [0.25, 0.3) is 0 Å². The highest BCUT2D eigenvalue weighted by Crippen LogP contribution is 2.45. The van der Waals surface area contributed by atoms with Crippen molar-refractivity contribution in [3.8, 4) is 0 Å². The Labute approximate surface area is 177 Å². The lowest BCUT2D eigenvalue weighted by atomic mass is 9.71. The number of carbonyl (C=O) groups is 1. The van der Waals surface area contributed by atoms with Gasteiger partial charge in [-0.3, -0.25) is 4.79 Å². The molecule has 6 heteroatoms. The van der Waals surface area contributed by atoms with Crippen LogP contribution in [0.2, 0.25) is 5.02 Å². The van der Waals surface area contributed by atoms with Crippen molar-refractivity contribution in [3.63, 3.8) is 0 Å². The Morgan fingerprint density at radius 1 is 1.41 bits per heavy atom. The molecule has 4 rings (SSSR count). The molecular formula is C23H28ClN3O2. The molecule has 3 atom stereocenters. The molecule has 0 spiro atoms. The van der Waals surface area contributed by atoms with Crippen molar-refractivity contribution in [3.05, 3.63) is 59.2 Å². The van der Waals surface area contributed by atoms with Crippen molar-refractivity contribution in [2.45, 2.75) is 63.8 Å². The van der Waals surface area contributed by atoms with Gasteiger partial charge >= 0.3 is 0 Å². The summed E-state index contributed by atoms with van der Waals surface area (Å²) in [7, 11) is 0. The molecular weight excluding hydrogens is 386 g/mol. The van der Waals surface area contributed by atoms with Crippen molar-refractivity contribution in [1.29, 1.82) is 0 Å². The number of benzene rings is 1. The zero-order valence-corrected chi connectivity index (χ0v) is 17.9. The predicted molar refractivity (Wildman–Crippen MR) is 113 cm³/mol. The fraction of sp³-hybridized carbons (Fsp3) is 0.522. The number of rotatable bonds is 7. The number of halogens is 1. The Morgan fingerprint density at radius 3 is 2.86 bits per heavy atom. The fourth-order valence-electron chi connectivity index (χ4n) is 4.52. The normalized spacial score (nSPS) is 25.8. The SMILES string of the molecule is C=CCC1(C)CC(c2cccc(Cl)c2)CN([C@H](CC)c2nc(C3CC3)no2)C1=O. The molecule has 0 bridgehead atoms. The molecule has 1 saturated heterocycles. The molecule has 2 aromatic rings. The first-order chi connectivity index (χ1) is 13.9. The topological polar surface area (TPSA) is 59.2 Å². The van der Waals surface area contributed by atoms with Crippen molar-refractivity contribution in [1.82, 2.24) is 15.0 Å². The summed E-state index contributed by atoms with van der Waals surface area (Å²) in [5, 5.41) is 4.89. The van der Waals surface area contributed by atoms with E-state index < -0.39 is 5.41 Å². The Kier molecular flexibility index (Phi) is 5.52. The summed E-state index contributed by atoms with van der Waals surface area (Å²) in [6.45, 7) is 8.61. The van der Waals surface area contributed by atoms with Crippen LogP contribution >= 0.6 is 11.6 Å². The van der Waals surface area contributed by atoms with Crippen LogP contribution in [0.5, 0.6) is 0 Å². The minimum atomic E-state index is -0.514. The second-order valence-electron chi connectivity index (χ2n) is 8.66. The van der Waals surface area contributed by atoms with E-state index in [2.05, 4.69) is 29.7 Å². The zero-order valence-electron chi connectivity index (χ0n) is 17.1. The number of likely N-dealkylation sites (tertiary alicyclic amines) is 1. The van der Waals surface area contributed by atoms with Crippen LogP contribution in [-0.4, -0.2) is 27.5 Å². The van der Waals surface area contributed by atoms with Crippen LogP contribution < -0.4 is 0 Å². The van der Waals surface area contributed by atoms with E-state index in [0.717, 1.165) is 42.1 Å². The molecule has 1 aromatic heterocycles. The molecule has 29 heavy (non-hydrogen) atoms. The number of nitrogens with zero attached hydrogens (tertiary/aromatic N) is 3. The van der Waals surface area contributed by atoms with Gasteiger partial charge in [0.15, 0.2) is 5.82 Å². The number of amides is 1. The lowest BCUT2D eigenvalue weighted by molar-refractivity contribution is -0.150. The third kappa shape index (κ3) is 3.97. The smallest absolute Gasteiger partial charge is 0.249 e. The minimum absolute atomic E-state index is 0.133. The van der Waals surface area contributed by atoms with E-state index >= 15 is 0 Å². The molecule has 5 nitrogen and oxygen atoms in total. The van der Waals surface area contributed by atoms with Crippen molar-refractivity contribution in [2.75, 3.05) is 6.54 Å². The maximum Gasteiger partial charge on any atom is 0.249 e. The zero-order chi connectivity index (χ0) is 20.6. The first-order valence-electron chi connectivity index (χ1n) is 10.5. The molecule has 0 N–H and O–H groups in total. The van der Waals surface area contributed by atoms with Crippen LogP contribution in [0.3, 0.4) is 0 Å². The summed E-state index contributed by atoms with van der Waals surface area (Å²) in [6.07, 6.45) is 6.20. The molecule has 2 fully saturated rings. The summed E-state index contributed by atoms with van der Waals surface area (Å²) in [5.41, 5.74) is 0.643. The molecule has 2 aliphatic rings. The van der Waals surface area contributed by atoms with Crippen molar-refractivity contribution < 1.29 is 9.32 Å². The van der Waals surface area contributed by atoms with Gasteiger partial charge in [0.25, 0.3) is 0 Å². The van der Waals surface area contributed by atoms with Gasteiger partial charge in [0.2, 0.25) is 11.8 Å². The van der Waals surface area contributed by atoms with Gasteiger partial charge in [0.05, 0.1) is 5.41 Å². The number of piperidine rings is 1. The third-order valence-electron chi connectivity index (χ3n) is 6.25. The molecule has 0 radical (unpaired) electrons. The number of hydrogen-bond donors (Lipinski definition) is 0. The van der Waals surface area contributed by atoms with E-state index in [9.17, 15) is 4.79 Å². The third-order valence-corrected chi connectivity index (χ3v) is 6.49. The molecule has 2 unspecified atom stereocenters. The Morgan fingerprint density at radius 2 is 2.21 bits per heavy atom. The van der Waals surface area contributed by atoms with Crippen LogP contribution in [0.4, 0.5) is 0 Å². The van der Waals surface area contributed by atoms with E-state index in [-0.39, 0.29) is 17.9 Å². The molecule has 2 heterocycles. The van der Waals surface area contributed by atoms with Crippen molar-refractivity contribution in [2.24, 2.45) is 5.41 Å². The second-order valence-corrected chi connectivity index (χ2v) is 9.09. The van der Waals surface area contributed by atoms with E-state index in [4.69, 9.17) is 16.1 Å². The first kappa shape index (κ1) is 20.1. The number of aromatic nitrogens is 2. The van der Waals surface area contributed by atoms with E-state index in [1.54, 1.807) is 0 Å². The highest BCUT2D eigenvalue weighted by molar-refractivity contribution is 6.30. The van der Waals surface area contributed by atoms with Crippen LogP contribution in [-0.2, 0) is 4.79 Å². The monoisotopic (exact) mass is 413 g/mol. The van der Waals surface area contributed by atoms with E-state index in [0.29, 0.717) is 24.8 Å². The van der Waals surface area contributed by atoms with Gasteiger partial charge in [-0.05, 0) is 49.8 Å². The van der Waals surface area contributed by atoms with Crippen LogP contribution in [0, 0.1) is 5.41 Å². The summed E-state index contributed by atoms with van der Waals surface area (Å²) < 4.78 is 5.61. The van der Waals surface area contributed by atoms with Crippen molar-refractivity contribution >= 4 is 17.5 Å². The lowest BCUT2D eigenvalue weighted by Gasteiger charge is -2.45. The van der Waals surface area contributed by atoms with Gasteiger partial charge in [0, 0.05) is 23.4 Å². The van der Waals surface area contributed by atoms with E-state index in [1.165, 1.54) is 0 Å². The largest absolute Gasteiger partial charge is 0.337 e. The Balaban J connectivity index is 1.68. The van der Waals surface area contributed by atoms with Gasteiger partial charge in [-0.2, -0.15) is 4.98 Å². The summed E-state index contributed by atoms with van der Waals surface area (Å²) >= 11 is 6.26. The molecule has 1 amide bonds. The van der Waals surface area contributed by atoms with E-state index in [1.807, 2.05) is 36.1 Å². The molecule has 154 valence electrons. The Hall–Kier alpha value is -2.14. The van der Waals surface area contributed by atoms with Gasteiger partial charge in [0.1, 0.15) is 6.04 Å². The maximum atomic E-state index is 13.6. The fourth-order valence-corrected chi connectivity index (χ4v) is 4.72. The molecule has 1 aliphatic carbocycles. The number of allylic oxidation sites excluding steroid dienone is 1. The maximum absolute atomic E-state index is 13.6. The second kappa shape index (κ2) is 7.94. The Bertz CT molecular complexity index is 907. The van der Waals surface area contributed by atoms with Gasteiger partial charge in [-0.25, -0.2) is 0 Å². The number of hydrogen-bond acceptors (Lipinski definition) is 4. The minimum Gasteiger partial charge on any atom is -0.337 e. The molecule has 1 aromatic carbocycles. The summed E-state index contributed by atoms with van der Waals surface area (Å²) in [5.74, 6) is 2.08. The highest BCUT2D eigenvalue weighted by Gasteiger charge is 2.46. The van der Waals surface area contributed by atoms with Gasteiger partial charge in [-0.1, -0.05) is 48.8 Å². The van der Waals surface area contributed by atoms with Crippen LogP contribution in [0.1, 0.15) is 81.1 Å². The first-order valence-corrected chi connectivity index (χ1v) is 10.8. The predicted octanol–water partition coefficient (Wildman–Crippen LogP) is 5.65. The average molecular weight is 414 g/mol. The average Bonchev–Trinajstić information content (AvgIpc) is 3.44. The van der Waals surface area contributed by atoms with Gasteiger partial charge < -0.3 is 9.42 Å². The standard InChI is InChI=1S/C23H28ClN3O2/c1-4-11-23(3)13-17(16-7-6-8-18(24)12-16)14-27(22(23)28)19(5-2)21-25-20(26-29-21)15-9-10-15/h4,6-8,12,15,17,19H,1,5,9-11,13-14H2,2-3H3/t17?,19-,23?/m1/s1. The summed E-state index contributed by atoms with van der Waals surface area (Å²) in [4.78, 5) is 20.2. The van der Waals surface area contributed by atoms with Crippen LogP contribution in [0.15, 0.2) is 41.4 Å². The quantitative estimate of drug-likeness (QED) is 0.550. The molecule has 1 aliphatic heterocycles. The summed E-state index contributed by atoms with van der Waals surface area (Å²) in [6, 6.07) is 7.74. The highest BCUT2D eigenvalue weighted by atomic mass is 35.5. The van der Waals surface area contributed by atoms with Gasteiger partial charge in [-0.15, -0.1) is 6.58 Å². The number of carbonyl (C=O) groups excluding carboxylic acids is 1.